The molecule has 0 amide bonds. The maximum atomic E-state index is 5.65. The summed E-state index contributed by atoms with van der Waals surface area (Å²) < 4.78 is 5.65. The third-order valence-corrected chi connectivity index (χ3v) is 3.03. The lowest BCUT2D eigenvalue weighted by molar-refractivity contribution is 0.110. The topological polar surface area (TPSA) is 9.23 Å². The monoisotopic (exact) mass is 122 g/mol. The fraction of sp³-hybridized carbons (Fsp3) is 0.750. The first-order valence-corrected chi connectivity index (χ1v) is 3.79. The fourth-order valence-corrected chi connectivity index (χ4v) is 2.35. The largest absolute Gasteiger partial charge is 0.366 e. The van der Waals surface area contributed by atoms with Gasteiger partial charge in [-0.25, -0.2) is 0 Å². The van der Waals surface area contributed by atoms with Gasteiger partial charge in [-0.05, 0) is 24.7 Å². The van der Waals surface area contributed by atoms with Gasteiger partial charge in [0.1, 0.15) is 0 Å². The van der Waals surface area contributed by atoms with Crippen LogP contribution in [0.2, 0.25) is 0 Å². The van der Waals surface area contributed by atoms with Gasteiger partial charge < -0.3 is 4.74 Å². The van der Waals surface area contributed by atoms with Crippen LogP contribution in [0.25, 0.3) is 0 Å². The Labute approximate surface area is 54.7 Å². The summed E-state index contributed by atoms with van der Waals surface area (Å²) in [5, 5.41) is 0. The van der Waals surface area contributed by atoms with Gasteiger partial charge >= 0.3 is 0 Å². The molecule has 0 radical (unpaired) electrons. The van der Waals surface area contributed by atoms with Crippen molar-refractivity contribution >= 4 is 0 Å². The normalized spacial score (nSPS) is 59.6. The van der Waals surface area contributed by atoms with E-state index in [4.69, 9.17) is 4.74 Å². The van der Waals surface area contributed by atoms with Crippen molar-refractivity contribution in [2.24, 2.45) is 11.8 Å². The smallest absolute Gasteiger partial charge is 0.0796 e. The molecule has 2 aliphatic heterocycles. The van der Waals surface area contributed by atoms with Gasteiger partial charge in [-0.1, -0.05) is 12.2 Å². The maximum absolute atomic E-state index is 5.65. The molecule has 1 nitrogen and oxygen atoms in total. The Bertz CT molecular complexity index is 155. The van der Waals surface area contributed by atoms with E-state index in [9.17, 15) is 0 Å². The van der Waals surface area contributed by atoms with Crippen molar-refractivity contribution in [1.29, 1.82) is 0 Å². The molecule has 1 saturated carbocycles. The molecule has 0 N–H and O–H groups in total. The van der Waals surface area contributed by atoms with E-state index in [2.05, 4.69) is 12.2 Å². The summed E-state index contributed by atoms with van der Waals surface area (Å²) in [6, 6.07) is 0. The molecular formula is C8H10O. The molecular weight excluding hydrogens is 112 g/mol. The van der Waals surface area contributed by atoms with E-state index in [1.54, 1.807) is 0 Å². The summed E-state index contributed by atoms with van der Waals surface area (Å²) in [4.78, 5) is 0. The third kappa shape index (κ3) is 0.379. The lowest BCUT2D eigenvalue weighted by Crippen LogP contribution is -2.32. The minimum absolute atomic E-state index is 0.522. The first-order chi connectivity index (χ1) is 4.45. The zero-order valence-electron chi connectivity index (χ0n) is 5.29. The van der Waals surface area contributed by atoms with Gasteiger partial charge in [0, 0.05) is 0 Å². The second-order valence-electron chi connectivity index (χ2n) is 3.36. The summed E-state index contributed by atoms with van der Waals surface area (Å²) in [6.45, 7) is 0. The van der Waals surface area contributed by atoms with Gasteiger partial charge in [-0.3, -0.25) is 0 Å². The molecule has 2 heterocycles. The molecule has 4 unspecified atom stereocenters. The molecule has 1 aliphatic carbocycles. The Hall–Kier alpha value is -0.300. The molecule has 3 aliphatic rings. The van der Waals surface area contributed by atoms with Gasteiger partial charge in [0.05, 0.1) is 12.2 Å². The SMILES string of the molecule is C1=CC2OC1C1CCC21. The van der Waals surface area contributed by atoms with Crippen LogP contribution in [0, 0.1) is 11.8 Å². The molecule has 9 heavy (non-hydrogen) atoms. The van der Waals surface area contributed by atoms with Gasteiger partial charge in [0.2, 0.25) is 0 Å². The Balaban J connectivity index is 2.03. The molecule has 0 aromatic heterocycles. The van der Waals surface area contributed by atoms with Crippen molar-refractivity contribution in [2.45, 2.75) is 25.0 Å². The van der Waals surface area contributed by atoms with Crippen LogP contribution < -0.4 is 0 Å². The highest BCUT2D eigenvalue weighted by Crippen LogP contribution is 2.50. The Morgan fingerprint density at radius 2 is 1.56 bits per heavy atom. The summed E-state index contributed by atoms with van der Waals surface area (Å²) in [6.07, 6.45) is 8.35. The lowest BCUT2D eigenvalue weighted by Gasteiger charge is -2.34. The first kappa shape index (κ1) is 4.51. The molecule has 2 fully saturated rings. The van der Waals surface area contributed by atoms with Crippen LogP contribution in [0.3, 0.4) is 0 Å². The van der Waals surface area contributed by atoms with E-state index in [0.717, 1.165) is 11.8 Å². The second kappa shape index (κ2) is 1.24. The van der Waals surface area contributed by atoms with Crippen LogP contribution in [0.5, 0.6) is 0 Å². The number of ether oxygens (including phenoxy) is 1. The number of hydrogen-bond donors (Lipinski definition) is 0. The molecule has 0 spiro atoms. The zero-order valence-corrected chi connectivity index (χ0v) is 5.29. The molecule has 2 bridgehead atoms. The Morgan fingerprint density at radius 3 is 1.89 bits per heavy atom. The van der Waals surface area contributed by atoms with E-state index >= 15 is 0 Å². The summed E-state index contributed by atoms with van der Waals surface area (Å²) in [5.74, 6) is 1.83. The maximum Gasteiger partial charge on any atom is 0.0796 e. The highest BCUT2D eigenvalue weighted by atomic mass is 16.5. The van der Waals surface area contributed by atoms with Crippen molar-refractivity contribution in [2.75, 3.05) is 0 Å². The standard InChI is InChI=1S/C8H10O/c1-2-6-5(1)7-3-4-8(6)9-7/h3-8H,1-2H2. The van der Waals surface area contributed by atoms with E-state index < -0.39 is 0 Å². The molecule has 0 aromatic rings. The van der Waals surface area contributed by atoms with Crippen LogP contribution in [-0.2, 0) is 4.74 Å². The van der Waals surface area contributed by atoms with E-state index in [-0.39, 0.29) is 0 Å². The molecule has 1 heteroatoms. The van der Waals surface area contributed by atoms with Gasteiger partial charge in [-0.2, -0.15) is 0 Å². The third-order valence-electron chi connectivity index (χ3n) is 3.03. The van der Waals surface area contributed by atoms with Gasteiger partial charge in [0.15, 0.2) is 0 Å². The van der Waals surface area contributed by atoms with Gasteiger partial charge in [0.25, 0.3) is 0 Å². The van der Waals surface area contributed by atoms with Crippen LogP contribution in [0.4, 0.5) is 0 Å². The molecule has 0 aromatic carbocycles. The average Bonchev–Trinajstić information content (AvgIpc) is 2.18. The van der Waals surface area contributed by atoms with Crippen molar-refractivity contribution in [3.8, 4) is 0 Å². The first-order valence-electron chi connectivity index (χ1n) is 3.79. The summed E-state index contributed by atoms with van der Waals surface area (Å²) >= 11 is 0. The second-order valence-corrected chi connectivity index (χ2v) is 3.36. The highest BCUT2D eigenvalue weighted by Gasteiger charge is 2.50. The summed E-state index contributed by atoms with van der Waals surface area (Å²) in [7, 11) is 0. The van der Waals surface area contributed by atoms with Crippen molar-refractivity contribution in [3.63, 3.8) is 0 Å². The molecule has 1 saturated heterocycles. The van der Waals surface area contributed by atoms with Crippen molar-refractivity contribution in [1.82, 2.24) is 0 Å². The van der Waals surface area contributed by atoms with Crippen molar-refractivity contribution in [3.05, 3.63) is 12.2 Å². The number of hydrogen-bond acceptors (Lipinski definition) is 1. The predicted molar refractivity (Wildman–Crippen MR) is 34.0 cm³/mol. The average molecular weight is 122 g/mol. The minimum Gasteiger partial charge on any atom is -0.366 e. The van der Waals surface area contributed by atoms with Crippen molar-refractivity contribution < 1.29 is 4.74 Å². The number of fused-ring (bicyclic) bond motifs is 5. The van der Waals surface area contributed by atoms with E-state index in [1.807, 2.05) is 0 Å². The molecule has 48 valence electrons. The lowest BCUT2D eigenvalue weighted by atomic mass is 9.68. The van der Waals surface area contributed by atoms with Crippen LogP contribution in [0.15, 0.2) is 12.2 Å². The van der Waals surface area contributed by atoms with Crippen LogP contribution in [0.1, 0.15) is 12.8 Å². The zero-order chi connectivity index (χ0) is 5.84. The number of rotatable bonds is 0. The van der Waals surface area contributed by atoms with E-state index in [0.29, 0.717) is 12.2 Å². The predicted octanol–water partition coefficient (Wildman–Crippen LogP) is 1.35. The Kier molecular flexibility index (Phi) is 0.620. The molecule has 3 rings (SSSR count). The van der Waals surface area contributed by atoms with E-state index in [1.165, 1.54) is 12.8 Å². The minimum atomic E-state index is 0.522. The summed E-state index contributed by atoms with van der Waals surface area (Å²) in [5.41, 5.74) is 0. The Morgan fingerprint density at radius 1 is 1.00 bits per heavy atom. The quantitative estimate of drug-likeness (QED) is 0.441. The highest BCUT2D eigenvalue weighted by molar-refractivity contribution is 5.17. The van der Waals surface area contributed by atoms with Crippen LogP contribution >= 0.6 is 0 Å². The van der Waals surface area contributed by atoms with Crippen LogP contribution in [-0.4, -0.2) is 12.2 Å². The van der Waals surface area contributed by atoms with Gasteiger partial charge in [-0.15, -0.1) is 0 Å². The molecule has 4 atom stereocenters. The fourth-order valence-electron chi connectivity index (χ4n) is 2.35.